The van der Waals surface area contributed by atoms with Crippen LogP contribution in [0.25, 0.3) is 0 Å². The van der Waals surface area contributed by atoms with Crippen molar-refractivity contribution in [2.75, 3.05) is 13.7 Å². The van der Waals surface area contributed by atoms with Crippen LogP contribution in [-0.4, -0.2) is 40.1 Å². The molecule has 0 atom stereocenters. The van der Waals surface area contributed by atoms with Gasteiger partial charge in [-0.15, -0.1) is 0 Å². The van der Waals surface area contributed by atoms with Crippen LogP contribution >= 0.6 is 0 Å². The minimum atomic E-state index is -3.87. The topological polar surface area (TPSA) is 134 Å². The number of hydrogen-bond acceptors (Lipinski definition) is 7. The molecular weight excluding hydrogens is 436 g/mol. The molecule has 3 rings (SSSR count). The van der Waals surface area contributed by atoms with E-state index in [1.54, 1.807) is 24.3 Å². The number of carbonyl (C=O) groups excluding carboxylic acids is 2. The average Bonchev–Trinajstić information content (AvgIpc) is 3.28. The molecule has 0 bridgehead atoms. The minimum absolute atomic E-state index is 0.0684. The molecule has 1 aliphatic carbocycles. The molecule has 3 N–H and O–H groups in total. The lowest BCUT2D eigenvalue weighted by Crippen LogP contribution is -2.33. The van der Waals surface area contributed by atoms with Crippen molar-refractivity contribution < 1.29 is 32.2 Å². The number of benzene rings is 2. The number of carbonyl (C=O) groups is 2. The summed E-state index contributed by atoms with van der Waals surface area (Å²) in [6, 6.07) is 10.7. The number of amides is 1. The van der Waals surface area contributed by atoms with Crippen LogP contribution in [0, 0.1) is 0 Å². The third-order valence-electron chi connectivity index (χ3n) is 5.02. The third kappa shape index (κ3) is 6.21. The van der Waals surface area contributed by atoms with Gasteiger partial charge in [-0.1, -0.05) is 25.0 Å². The number of nitrogens with two attached hydrogens (primary N) is 1. The van der Waals surface area contributed by atoms with E-state index in [2.05, 4.69) is 4.72 Å². The Morgan fingerprint density at radius 1 is 1.12 bits per heavy atom. The Hall–Kier alpha value is -3.11. The fraction of sp³-hybridized carbons (Fsp3) is 0.364. The highest BCUT2D eigenvalue weighted by atomic mass is 32.2. The lowest BCUT2D eigenvalue weighted by Gasteiger charge is -2.15. The van der Waals surface area contributed by atoms with Crippen LogP contribution < -0.4 is 19.9 Å². The zero-order chi connectivity index (χ0) is 23.1. The van der Waals surface area contributed by atoms with Crippen molar-refractivity contribution in [3.63, 3.8) is 0 Å². The van der Waals surface area contributed by atoms with Gasteiger partial charge in [0.15, 0.2) is 6.61 Å². The second kappa shape index (κ2) is 10.5. The number of esters is 1. The molecule has 172 valence electrons. The average molecular weight is 463 g/mol. The van der Waals surface area contributed by atoms with E-state index in [-0.39, 0.29) is 35.5 Å². The molecule has 0 saturated heterocycles. The summed E-state index contributed by atoms with van der Waals surface area (Å²) in [6.07, 6.45) is 3.52. The van der Waals surface area contributed by atoms with Crippen molar-refractivity contribution in [3.8, 4) is 11.5 Å². The maximum Gasteiger partial charge on any atom is 0.338 e. The number of hydrogen-bond donors (Lipinski definition) is 2. The molecule has 1 fully saturated rings. The summed E-state index contributed by atoms with van der Waals surface area (Å²) in [5, 5.41) is 0. The molecule has 1 saturated carbocycles. The maximum atomic E-state index is 12.9. The minimum Gasteiger partial charge on any atom is -0.495 e. The Bertz CT molecular complexity index is 1080. The largest absolute Gasteiger partial charge is 0.495 e. The van der Waals surface area contributed by atoms with Crippen LogP contribution in [0.2, 0.25) is 0 Å². The third-order valence-corrected chi connectivity index (χ3v) is 6.56. The molecule has 32 heavy (non-hydrogen) atoms. The Kier molecular flexibility index (Phi) is 7.70. The lowest BCUT2D eigenvalue weighted by atomic mass is 10.2. The van der Waals surface area contributed by atoms with Crippen LogP contribution in [0.5, 0.6) is 11.5 Å². The Morgan fingerprint density at radius 2 is 1.88 bits per heavy atom. The van der Waals surface area contributed by atoms with Crippen molar-refractivity contribution >= 4 is 21.9 Å². The second-order valence-corrected chi connectivity index (χ2v) is 9.13. The molecule has 0 unspecified atom stereocenters. The van der Waals surface area contributed by atoms with Gasteiger partial charge in [-0.25, -0.2) is 17.9 Å². The number of sulfonamides is 1. The molecule has 0 radical (unpaired) electrons. The summed E-state index contributed by atoms with van der Waals surface area (Å²) in [5.41, 5.74) is 5.77. The molecule has 1 aliphatic rings. The monoisotopic (exact) mass is 462 g/mol. The number of rotatable bonds is 10. The van der Waals surface area contributed by atoms with Crippen LogP contribution in [0.4, 0.5) is 0 Å². The Labute approximate surface area is 186 Å². The van der Waals surface area contributed by atoms with Crippen molar-refractivity contribution in [2.45, 2.75) is 43.2 Å². The first-order valence-corrected chi connectivity index (χ1v) is 11.6. The van der Waals surface area contributed by atoms with Crippen LogP contribution in [0.1, 0.15) is 41.6 Å². The SMILES string of the molecule is COc1ccc(C(=O)OCc2cccc(OCC(N)=O)c2)cc1S(=O)(=O)NC1CCCC1. The smallest absolute Gasteiger partial charge is 0.338 e. The summed E-state index contributed by atoms with van der Waals surface area (Å²) in [6.45, 7) is -0.331. The van der Waals surface area contributed by atoms with E-state index in [0.717, 1.165) is 25.7 Å². The van der Waals surface area contributed by atoms with Crippen LogP contribution in [0.3, 0.4) is 0 Å². The highest BCUT2D eigenvalue weighted by Crippen LogP contribution is 2.27. The van der Waals surface area contributed by atoms with E-state index < -0.39 is 21.9 Å². The zero-order valence-electron chi connectivity index (χ0n) is 17.7. The molecule has 10 heteroatoms. The van der Waals surface area contributed by atoms with E-state index in [4.69, 9.17) is 19.9 Å². The van der Waals surface area contributed by atoms with Gasteiger partial charge < -0.3 is 19.9 Å². The Morgan fingerprint density at radius 3 is 2.56 bits per heavy atom. The molecule has 2 aromatic carbocycles. The van der Waals surface area contributed by atoms with Gasteiger partial charge in [0.05, 0.1) is 12.7 Å². The Balaban J connectivity index is 1.71. The van der Waals surface area contributed by atoms with Gasteiger partial charge in [0.1, 0.15) is 23.0 Å². The summed E-state index contributed by atoms with van der Waals surface area (Å²) < 4.78 is 44.2. The van der Waals surface area contributed by atoms with E-state index in [1.807, 2.05) is 0 Å². The first-order valence-electron chi connectivity index (χ1n) is 10.2. The summed E-state index contributed by atoms with van der Waals surface area (Å²) in [4.78, 5) is 23.3. The highest BCUT2D eigenvalue weighted by Gasteiger charge is 2.27. The van der Waals surface area contributed by atoms with E-state index in [1.165, 1.54) is 25.3 Å². The molecule has 1 amide bonds. The van der Waals surface area contributed by atoms with Gasteiger partial charge >= 0.3 is 5.97 Å². The standard InChI is InChI=1S/C22H26N2O7S/c1-29-19-10-9-16(12-20(19)32(27,28)24-17-6-2-3-7-17)22(26)31-13-15-5-4-8-18(11-15)30-14-21(23)25/h4-5,8-12,17,24H,2-3,6-7,13-14H2,1H3,(H2,23,25). The predicted molar refractivity (Wildman–Crippen MR) is 116 cm³/mol. The van der Waals surface area contributed by atoms with Crippen molar-refractivity contribution in [1.82, 2.24) is 4.72 Å². The van der Waals surface area contributed by atoms with E-state index in [9.17, 15) is 18.0 Å². The van der Waals surface area contributed by atoms with Crippen LogP contribution in [-0.2, 0) is 26.2 Å². The maximum absolute atomic E-state index is 12.9. The van der Waals surface area contributed by atoms with Crippen molar-refractivity contribution in [2.24, 2.45) is 5.73 Å². The van der Waals surface area contributed by atoms with Gasteiger partial charge in [0.25, 0.3) is 5.91 Å². The number of nitrogens with one attached hydrogen (secondary N) is 1. The van der Waals surface area contributed by atoms with E-state index in [0.29, 0.717) is 11.3 Å². The van der Waals surface area contributed by atoms with Gasteiger partial charge in [0.2, 0.25) is 10.0 Å². The zero-order valence-corrected chi connectivity index (χ0v) is 18.5. The molecule has 2 aromatic rings. The molecule has 0 aliphatic heterocycles. The molecule has 0 aromatic heterocycles. The van der Waals surface area contributed by atoms with Gasteiger partial charge in [-0.2, -0.15) is 0 Å². The van der Waals surface area contributed by atoms with Crippen molar-refractivity contribution in [1.29, 1.82) is 0 Å². The fourth-order valence-corrected chi connectivity index (χ4v) is 4.95. The molecule has 9 nitrogen and oxygen atoms in total. The summed E-state index contributed by atoms with van der Waals surface area (Å²) in [5.74, 6) is -0.734. The van der Waals surface area contributed by atoms with Crippen molar-refractivity contribution in [3.05, 3.63) is 53.6 Å². The second-order valence-electron chi connectivity index (χ2n) is 7.45. The highest BCUT2D eigenvalue weighted by molar-refractivity contribution is 7.89. The number of primary amides is 1. The molecular formula is C22H26N2O7S. The van der Waals surface area contributed by atoms with Gasteiger partial charge in [0, 0.05) is 6.04 Å². The summed E-state index contributed by atoms with van der Waals surface area (Å²) in [7, 11) is -2.50. The van der Waals surface area contributed by atoms with Gasteiger partial charge in [-0.3, -0.25) is 4.79 Å². The lowest BCUT2D eigenvalue weighted by molar-refractivity contribution is -0.119. The first-order chi connectivity index (χ1) is 15.3. The molecule has 0 heterocycles. The predicted octanol–water partition coefficient (Wildman–Crippen LogP) is 2.14. The summed E-state index contributed by atoms with van der Waals surface area (Å²) >= 11 is 0. The number of methoxy groups -OCH3 is 1. The van der Waals surface area contributed by atoms with E-state index >= 15 is 0 Å². The fourth-order valence-electron chi connectivity index (χ4n) is 3.45. The van der Waals surface area contributed by atoms with Gasteiger partial charge in [-0.05, 0) is 48.7 Å². The molecule has 0 spiro atoms. The normalized spacial score (nSPS) is 14.2. The number of ether oxygens (including phenoxy) is 3. The first kappa shape index (κ1) is 23.6. The quantitative estimate of drug-likeness (QED) is 0.517. The van der Waals surface area contributed by atoms with Crippen LogP contribution in [0.15, 0.2) is 47.4 Å².